The monoisotopic (exact) mass is 268 g/mol. The third-order valence-electron chi connectivity index (χ3n) is 3.26. The van der Waals surface area contributed by atoms with Crippen molar-refractivity contribution in [2.75, 3.05) is 13.7 Å². The van der Waals surface area contributed by atoms with Gasteiger partial charge in [0.2, 0.25) is 12.0 Å². The highest BCUT2D eigenvalue weighted by molar-refractivity contribution is 5.84. The molecule has 0 atom stereocenters. The first kappa shape index (κ1) is 12.4. The summed E-state index contributed by atoms with van der Waals surface area (Å²) in [4.78, 5) is 18.8. The molecule has 2 heterocycles. The van der Waals surface area contributed by atoms with Gasteiger partial charge in [-0.05, 0) is 24.3 Å². The molecule has 0 aliphatic carbocycles. The van der Waals surface area contributed by atoms with E-state index in [9.17, 15) is 4.79 Å². The standard InChI is InChI=1S/C15H12N2O3/c1-19-15-11(3-2-7-16-15)10-4-5-13-12(6-8-20-13)14(10)17-9-18/h2-5,7H,6,8H2,1H3. The number of pyridine rings is 1. The van der Waals surface area contributed by atoms with E-state index in [0.717, 1.165) is 28.9 Å². The molecule has 0 amide bonds. The zero-order valence-electron chi connectivity index (χ0n) is 10.9. The lowest BCUT2D eigenvalue weighted by atomic mass is 9.99. The Morgan fingerprint density at radius 3 is 3.05 bits per heavy atom. The molecule has 0 spiro atoms. The Kier molecular flexibility index (Phi) is 3.19. The third-order valence-corrected chi connectivity index (χ3v) is 3.26. The summed E-state index contributed by atoms with van der Waals surface area (Å²) in [5.74, 6) is 1.26. The number of fused-ring (bicyclic) bond motifs is 1. The van der Waals surface area contributed by atoms with Crippen LogP contribution in [0.3, 0.4) is 0 Å². The summed E-state index contributed by atoms with van der Waals surface area (Å²) in [5.41, 5.74) is 3.10. The predicted molar refractivity (Wildman–Crippen MR) is 73.2 cm³/mol. The van der Waals surface area contributed by atoms with Crippen LogP contribution in [0.15, 0.2) is 35.5 Å². The Morgan fingerprint density at radius 1 is 1.35 bits per heavy atom. The molecule has 1 aliphatic rings. The summed E-state index contributed by atoms with van der Waals surface area (Å²) in [5, 5.41) is 0. The van der Waals surface area contributed by atoms with Crippen LogP contribution in [0.4, 0.5) is 5.69 Å². The lowest BCUT2D eigenvalue weighted by Crippen LogP contribution is -1.92. The molecule has 0 radical (unpaired) electrons. The highest BCUT2D eigenvalue weighted by Crippen LogP contribution is 2.43. The number of hydrogen-bond acceptors (Lipinski definition) is 5. The molecule has 0 fully saturated rings. The van der Waals surface area contributed by atoms with E-state index in [0.29, 0.717) is 18.2 Å². The summed E-state index contributed by atoms with van der Waals surface area (Å²) in [6, 6.07) is 7.44. The van der Waals surface area contributed by atoms with Crippen molar-refractivity contribution in [2.24, 2.45) is 4.99 Å². The summed E-state index contributed by atoms with van der Waals surface area (Å²) >= 11 is 0. The molecule has 100 valence electrons. The Bertz CT molecular complexity index is 706. The van der Waals surface area contributed by atoms with Crippen LogP contribution in [-0.4, -0.2) is 24.8 Å². The molecule has 1 aromatic carbocycles. The summed E-state index contributed by atoms with van der Waals surface area (Å²) in [6.07, 6.45) is 4.00. The van der Waals surface area contributed by atoms with Crippen LogP contribution in [0.2, 0.25) is 0 Å². The number of hydrogen-bond donors (Lipinski definition) is 0. The molecule has 0 bridgehead atoms. The van der Waals surface area contributed by atoms with Gasteiger partial charge in [-0.25, -0.2) is 9.78 Å². The van der Waals surface area contributed by atoms with Crippen molar-refractivity contribution in [3.05, 3.63) is 36.0 Å². The zero-order valence-corrected chi connectivity index (χ0v) is 10.9. The molecule has 20 heavy (non-hydrogen) atoms. The molecule has 5 heteroatoms. The van der Waals surface area contributed by atoms with Gasteiger partial charge in [-0.1, -0.05) is 0 Å². The van der Waals surface area contributed by atoms with E-state index < -0.39 is 0 Å². The lowest BCUT2D eigenvalue weighted by molar-refractivity contribution is 0.357. The van der Waals surface area contributed by atoms with E-state index in [-0.39, 0.29) is 0 Å². The second-order valence-electron chi connectivity index (χ2n) is 4.30. The number of benzene rings is 1. The van der Waals surface area contributed by atoms with Crippen LogP contribution >= 0.6 is 0 Å². The lowest BCUT2D eigenvalue weighted by Gasteiger charge is -2.11. The topological polar surface area (TPSA) is 60.8 Å². The fourth-order valence-electron chi connectivity index (χ4n) is 2.41. The SMILES string of the molecule is COc1ncccc1-c1ccc2c(c1N=C=O)CCO2. The maximum Gasteiger partial charge on any atom is 0.240 e. The number of carbonyl (C=O) groups excluding carboxylic acids is 1. The van der Waals surface area contributed by atoms with E-state index in [1.807, 2.05) is 24.3 Å². The molecule has 2 aromatic rings. The van der Waals surface area contributed by atoms with Crippen LogP contribution in [0.5, 0.6) is 11.6 Å². The molecule has 3 rings (SSSR count). The predicted octanol–water partition coefficient (Wildman–Crippen LogP) is 2.66. The van der Waals surface area contributed by atoms with Crippen LogP contribution < -0.4 is 9.47 Å². The van der Waals surface area contributed by atoms with Crippen molar-refractivity contribution in [1.29, 1.82) is 0 Å². The van der Waals surface area contributed by atoms with Gasteiger partial charge in [-0.2, -0.15) is 4.99 Å². The smallest absolute Gasteiger partial charge is 0.240 e. The number of nitrogens with zero attached hydrogens (tertiary/aromatic N) is 2. The van der Waals surface area contributed by atoms with Crippen LogP contribution in [-0.2, 0) is 11.2 Å². The highest BCUT2D eigenvalue weighted by Gasteiger charge is 2.21. The van der Waals surface area contributed by atoms with Crippen LogP contribution in [0.25, 0.3) is 11.1 Å². The van der Waals surface area contributed by atoms with Gasteiger partial charge in [0.1, 0.15) is 5.75 Å². The van der Waals surface area contributed by atoms with Crippen molar-refractivity contribution in [1.82, 2.24) is 4.98 Å². The average Bonchev–Trinajstić information content (AvgIpc) is 2.97. The van der Waals surface area contributed by atoms with Gasteiger partial charge in [0.15, 0.2) is 0 Å². The highest BCUT2D eigenvalue weighted by atomic mass is 16.5. The van der Waals surface area contributed by atoms with Crippen molar-refractivity contribution in [2.45, 2.75) is 6.42 Å². The third kappa shape index (κ3) is 1.94. The largest absolute Gasteiger partial charge is 0.493 e. The van der Waals surface area contributed by atoms with E-state index >= 15 is 0 Å². The molecule has 0 saturated carbocycles. The van der Waals surface area contributed by atoms with Crippen molar-refractivity contribution < 1.29 is 14.3 Å². The van der Waals surface area contributed by atoms with Gasteiger partial charge in [-0.15, -0.1) is 0 Å². The van der Waals surface area contributed by atoms with E-state index in [1.54, 1.807) is 19.4 Å². The fraction of sp³-hybridized carbons (Fsp3) is 0.200. The maximum absolute atomic E-state index is 10.7. The van der Waals surface area contributed by atoms with Gasteiger partial charge in [0.05, 0.1) is 19.4 Å². The fourth-order valence-corrected chi connectivity index (χ4v) is 2.41. The number of ether oxygens (including phenoxy) is 2. The molecule has 0 saturated heterocycles. The second kappa shape index (κ2) is 5.15. The van der Waals surface area contributed by atoms with Crippen molar-refractivity contribution >= 4 is 11.8 Å². The molecular formula is C15H12N2O3. The first-order valence-corrected chi connectivity index (χ1v) is 6.21. The van der Waals surface area contributed by atoms with Gasteiger partial charge >= 0.3 is 0 Å². The minimum Gasteiger partial charge on any atom is -0.493 e. The number of isocyanates is 1. The molecule has 0 N–H and O–H groups in total. The molecule has 1 aliphatic heterocycles. The van der Waals surface area contributed by atoms with E-state index in [2.05, 4.69) is 9.98 Å². The maximum atomic E-state index is 10.7. The quantitative estimate of drug-likeness (QED) is 0.634. The van der Waals surface area contributed by atoms with Crippen LogP contribution in [0, 0.1) is 0 Å². The Hall–Kier alpha value is -2.65. The molecule has 0 unspecified atom stereocenters. The van der Waals surface area contributed by atoms with E-state index in [4.69, 9.17) is 9.47 Å². The van der Waals surface area contributed by atoms with Gasteiger partial charge in [-0.3, -0.25) is 0 Å². The number of aromatic nitrogens is 1. The summed E-state index contributed by atoms with van der Waals surface area (Å²) < 4.78 is 10.8. The first-order chi connectivity index (χ1) is 9.85. The summed E-state index contributed by atoms with van der Waals surface area (Å²) in [6.45, 7) is 0.602. The van der Waals surface area contributed by atoms with Crippen LogP contribution in [0.1, 0.15) is 5.56 Å². The van der Waals surface area contributed by atoms with Gasteiger partial charge < -0.3 is 9.47 Å². The number of methoxy groups -OCH3 is 1. The normalized spacial score (nSPS) is 12.2. The first-order valence-electron chi connectivity index (χ1n) is 6.21. The Balaban J connectivity index is 2.26. The number of aliphatic imine (C=N–C) groups is 1. The molecule has 1 aromatic heterocycles. The Labute approximate surface area is 115 Å². The van der Waals surface area contributed by atoms with Crippen molar-refractivity contribution in [3.8, 4) is 22.8 Å². The minimum absolute atomic E-state index is 0.494. The summed E-state index contributed by atoms with van der Waals surface area (Å²) in [7, 11) is 1.56. The number of rotatable bonds is 3. The van der Waals surface area contributed by atoms with Crippen molar-refractivity contribution in [3.63, 3.8) is 0 Å². The van der Waals surface area contributed by atoms with Gasteiger partial charge in [0, 0.05) is 29.3 Å². The minimum atomic E-state index is 0.494. The second-order valence-corrected chi connectivity index (χ2v) is 4.30. The zero-order chi connectivity index (χ0) is 13.9. The Morgan fingerprint density at radius 2 is 2.25 bits per heavy atom. The molecule has 5 nitrogen and oxygen atoms in total. The van der Waals surface area contributed by atoms with E-state index in [1.165, 1.54) is 0 Å². The van der Waals surface area contributed by atoms with Gasteiger partial charge in [0.25, 0.3) is 0 Å². The average molecular weight is 268 g/mol. The molecular weight excluding hydrogens is 256 g/mol.